The van der Waals surface area contributed by atoms with Crippen molar-refractivity contribution in [2.75, 3.05) is 6.54 Å². The normalized spacial score (nSPS) is 12.6. The van der Waals surface area contributed by atoms with Crippen LogP contribution in [-0.2, 0) is 6.42 Å². The molecular weight excluding hydrogens is 389 g/mol. The van der Waals surface area contributed by atoms with E-state index in [0.717, 1.165) is 24.4 Å². The number of halogens is 2. The van der Waals surface area contributed by atoms with Crippen molar-refractivity contribution in [2.24, 2.45) is 0 Å². The molecule has 1 unspecified atom stereocenters. The molecule has 0 aliphatic heterocycles. The Morgan fingerprint density at radius 2 is 2.21 bits per heavy atom. The van der Waals surface area contributed by atoms with Crippen LogP contribution >= 0.6 is 45.5 Å². The molecule has 1 atom stereocenters. The van der Waals surface area contributed by atoms with Crippen molar-refractivity contribution in [2.45, 2.75) is 25.8 Å². The Bertz CT molecular complexity index is 526. The summed E-state index contributed by atoms with van der Waals surface area (Å²) in [6.45, 7) is 3.23. The lowest BCUT2D eigenvalue weighted by atomic mass is 10.0. The molecular formula is C15H17ClINS. The second-order valence-electron chi connectivity index (χ2n) is 4.52. The third-order valence-electron chi connectivity index (χ3n) is 2.96. The second kappa shape index (κ2) is 7.62. The van der Waals surface area contributed by atoms with Crippen LogP contribution in [0.15, 0.2) is 35.7 Å². The standard InChI is InChI=1S/C15H17ClINS/c1-2-6-18-14(12-9-15(17)19-10-12)8-11-4-3-5-13(16)7-11/h3-5,7,9-10,14,18H,2,6,8H2,1H3. The molecule has 1 heterocycles. The van der Waals surface area contributed by atoms with Crippen molar-refractivity contribution >= 4 is 45.5 Å². The maximum atomic E-state index is 6.06. The zero-order valence-electron chi connectivity index (χ0n) is 10.8. The van der Waals surface area contributed by atoms with E-state index in [0.29, 0.717) is 6.04 Å². The molecule has 0 aliphatic rings. The molecule has 0 saturated carbocycles. The van der Waals surface area contributed by atoms with E-state index < -0.39 is 0 Å². The van der Waals surface area contributed by atoms with Gasteiger partial charge in [-0.25, -0.2) is 0 Å². The first kappa shape index (κ1) is 15.3. The smallest absolute Gasteiger partial charge is 0.0656 e. The first-order chi connectivity index (χ1) is 9.19. The first-order valence-electron chi connectivity index (χ1n) is 6.40. The Balaban J connectivity index is 2.13. The summed E-state index contributed by atoms with van der Waals surface area (Å²) in [4.78, 5) is 0. The fraction of sp³-hybridized carbons (Fsp3) is 0.333. The molecule has 19 heavy (non-hydrogen) atoms. The Kier molecular flexibility index (Phi) is 6.13. The van der Waals surface area contributed by atoms with Crippen LogP contribution in [0.1, 0.15) is 30.5 Å². The van der Waals surface area contributed by atoms with Crippen molar-refractivity contribution in [1.29, 1.82) is 0 Å². The van der Waals surface area contributed by atoms with Gasteiger partial charge >= 0.3 is 0 Å². The number of thiophene rings is 1. The molecule has 1 N–H and O–H groups in total. The minimum atomic E-state index is 0.373. The van der Waals surface area contributed by atoms with Crippen LogP contribution in [0.3, 0.4) is 0 Å². The van der Waals surface area contributed by atoms with Gasteiger partial charge in [0.1, 0.15) is 0 Å². The Hall–Kier alpha value is -0.100. The van der Waals surface area contributed by atoms with Gasteiger partial charge in [-0.15, -0.1) is 11.3 Å². The van der Waals surface area contributed by atoms with Gasteiger partial charge in [-0.05, 0) is 76.7 Å². The van der Waals surface area contributed by atoms with Gasteiger partial charge in [-0.2, -0.15) is 0 Å². The number of hydrogen-bond donors (Lipinski definition) is 1. The summed E-state index contributed by atoms with van der Waals surface area (Å²) in [6, 6.07) is 10.8. The van der Waals surface area contributed by atoms with Crippen LogP contribution in [0.25, 0.3) is 0 Å². The van der Waals surface area contributed by atoms with Crippen molar-refractivity contribution in [1.82, 2.24) is 5.32 Å². The van der Waals surface area contributed by atoms with E-state index in [1.165, 1.54) is 14.0 Å². The topological polar surface area (TPSA) is 12.0 Å². The SMILES string of the molecule is CCCNC(Cc1cccc(Cl)c1)c1csc(I)c1. The molecule has 1 aromatic carbocycles. The van der Waals surface area contributed by atoms with E-state index in [9.17, 15) is 0 Å². The molecule has 0 amide bonds. The van der Waals surface area contributed by atoms with E-state index in [1.54, 1.807) is 11.3 Å². The lowest BCUT2D eigenvalue weighted by Crippen LogP contribution is -2.23. The molecule has 0 spiro atoms. The molecule has 1 aromatic heterocycles. The summed E-state index contributed by atoms with van der Waals surface area (Å²) in [5, 5.41) is 6.69. The van der Waals surface area contributed by atoms with Crippen LogP contribution in [0.4, 0.5) is 0 Å². The average Bonchev–Trinajstić information content (AvgIpc) is 2.81. The molecule has 2 aromatic rings. The van der Waals surface area contributed by atoms with Crippen LogP contribution < -0.4 is 5.32 Å². The number of benzene rings is 1. The monoisotopic (exact) mass is 405 g/mol. The highest BCUT2D eigenvalue weighted by molar-refractivity contribution is 14.1. The zero-order valence-corrected chi connectivity index (χ0v) is 14.6. The average molecular weight is 406 g/mol. The van der Waals surface area contributed by atoms with Gasteiger partial charge in [0, 0.05) is 11.1 Å². The molecule has 0 bridgehead atoms. The summed E-state index contributed by atoms with van der Waals surface area (Å²) in [5.74, 6) is 0. The van der Waals surface area contributed by atoms with E-state index in [1.807, 2.05) is 12.1 Å². The Morgan fingerprint density at radius 1 is 1.37 bits per heavy atom. The highest BCUT2D eigenvalue weighted by Crippen LogP contribution is 2.25. The zero-order chi connectivity index (χ0) is 13.7. The molecule has 0 radical (unpaired) electrons. The number of nitrogens with one attached hydrogen (secondary N) is 1. The molecule has 102 valence electrons. The van der Waals surface area contributed by atoms with E-state index in [-0.39, 0.29) is 0 Å². The fourth-order valence-corrected chi connectivity index (χ4v) is 3.67. The highest BCUT2D eigenvalue weighted by Gasteiger charge is 2.13. The number of rotatable bonds is 6. The van der Waals surface area contributed by atoms with Crippen LogP contribution in [0.5, 0.6) is 0 Å². The first-order valence-corrected chi connectivity index (χ1v) is 8.74. The quantitative estimate of drug-likeness (QED) is 0.644. The maximum absolute atomic E-state index is 6.06. The fourth-order valence-electron chi connectivity index (χ4n) is 2.03. The number of hydrogen-bond acceptors (Lipinski definition) is 2. The predicted octanol–water partition coefficient (Wildman–Crippen LogP) is 5.29. The van der Waals surface area contributed by atoms with Crippen LogP contribution in [0, 0.1) is 2.88 Å². The predicted molar refractivity (Wildman–Crippen MR) is 93.2 cm³/mol. The third kappa shape index (κ3) is 4.74. The summed E-state index contributed by atoms with van der Waals surface area (Å²) >= 11 is 10.2. The van der Waals surface area contributed by atoms with Crippen LogP contribution in [-0.4, -0.2) is 6.54 Å². The van der Waals surface area contributed by atoms with Crippen molar-refractivity contribution in [3.63, 3.8) is 0 Å². The van der Waals surface area contributed by atoms with Gasteiger partial charge in [0.25, 0.3) is 0 Å². The summed E-state index contributed by atoms with van der Waals surface area (Å²) < 4.78 is 1.34. The van der Waals surface area contributed by atoms with Gasteiger partial charge in [0.15, 0.2) is 0 Å². The highest BCUT2D eigenvalue weighted by atomic mass is 127. The van der Waals surface area contributed by atoms with Crippen molar-refractivity contribution in [3.05, 3.63) is 54.7 Å². The molecule has 0 aliphatic carbocycles. The largest absolute Gasteiger partial charge is 0.310 e. The summed E-state index contributed by atoms with van der Waals surface area (Å²) in [6.07, 6.45) is 2.13. The minimum absolute atomic E-state index is 0.373. The maximum Gasteiger partial charge on any atom is 0.0656 e. The summed E-state index contributed by atoms with van der Waals surface area (Å²) in [7, 11) is 0. The van der Waals surface area contributed by atoms with Gasteiger partial charge < -0.3 is 5.32 Å². The Labute approximate surface area is 137 Å². The van der Waals surface area contributed by atoms with Gasteiger partial charge in [0.2, 0.25) is 0 Å². The third-order valence-corrected chi connectivity index (χ3v) is 5.00. The lowest BCUT2D eigenvalue weighted by molar-refractivity contribution is 0.530. The summed E-state index contributed by atoms with van der Waals surface area (Å²) in [5.41, 5.74) is 2.66. The van der Waals surface area contributed by atoms with Gasteiger partial charge in [-0.1, -0.05) is 30.7 Å². The Morgan fingerprint density at radius 3 is 2.84 bits per heavy atom. The van der Waals surface area contributed by atoms with Crippen molar-refractivity contribution < 1.29 is 0 Å². The van der Waals surface area contributed by atoms with E-state index in [2.05, 4.69) is 58.4 Å². The van der Waals surface area contributed by atoms with Crippen molar-refractivity contribution in [3.8, 4) is 0 Å². The lowest BCUT2D eigenvalue weighted by Gasteiger charge is -2.17. The van der Waals surface area contributed by atoms with Gasteiger partial charge in [-0.3, -0.25) is 0 Å². The molecule has 1 nitrogen and oxygen atoms in total. The molecule has 0 saturated heterocycles. The molecule has 4 heteroatoms. The van der Waals surface area contributed by atoms with E-state index in [4.69, 9.17) is 11.6 Å². The van der Waals surface area contributed by atoms with Gasteiger partial charge in [0.05, 0.1) is 2.88 Å². The minimum Gasteiger partial charge on any atom is -0.310 e. The van der Waals surface area contributed by atoms with E-state index >= 15 is 0 Å². The van der Waals surface area contributed by atoms with Crippen LogP contribution in [0.2, 0.25) is 5.02 Å². The molecule has 0 fully saturated rings. The molecule has 2 rings (SSSR count). The second-order valence-corrected chi connectivity index (χ2v) is 7.77.